The first-order chi connectivity index (χ1) is 20.5. The van der Waals surface area contributed by atoms with Gasteiger partial charge >= 0.3 is 5.97 Å². The molecule has 2 heterocycles. The summed E-state index contributed by atoms with van der Waals surface area (Å²) in [5.74, 6) is -5.06. The Kier molecular flexibility index (Phi) is 6.71. The molecule has 44 heavy (non-hydrogen) atoms. The molecule has 0 aromatic heterocycles. The SMILES string of the molecule is COC(=O)[C@@H]1c2cc3c(c(O)c2[C@@H](N(C)C)C[C@]1(C)O)C(=O)c1c(O)cc2c(c1C3=O)O[C@@H]1O[C@@]2(C)[C@H](O)[C@@H](N(C)C)[C@@H]1O. The van der Waals surface area contributed by atoms with E-state index in [0.29, 0.717) is 0 Å². The number of rotatable bonds is 3. The first-order valence-electron chi connectivity index (χ1n) is 14.2. The van der Waals surface area contributed by atoms with Gasteiger partial charge in [-0.25, -0.2) is 0 Å². The third-order valence-corrected chi connectivity index (χ3v) is 9.73. The zero-order chi connectivity index (χ0) is 32.4. The van der Waals surface area contributed by atoms with Crippen molar-refractivity contribution in [1.29, 1.82) is 0 Å². The van der Waals surface area contributed by atoms with Gasteiger partial charge in [-0.05, 0) is 66.2 Å². The van der Waals surface area contributed by atoms with Crippen molar-refractivity contribution in [1.82, 2.24) is 9.80 Å². The molecule has 2 aliphatic heterocycles. The number of carbonyl (C=O) groups is 3. The van der Waals surface area contributed by atoms with Gasteiger partial charge in [0.2, 0.25) is 12.1 Å². The van der Waals surface area contributed by atoms with Crippen molar-refractivity contribution in [2.75, 3.05) is 35.3 Å². The van der Waals surface area contributed by atoms with E-state index in [2.05, 4.69) is 0 Å². The molecule has 4 aliphatic rings. The molecule has 6 rings (SSSR count). The van der Waals surface area contributed by atoms with Crippen molar-refractivity contribution in [2.45, 2.75) is 68.0 Å². The largest absolute Gasteiger partial charge is 0.507 e. The molecule has 0 radical (unpaired) electrons. The summed E-state index contributed by atoms with van der Waals surface area (Å²) in [5, 5.41) is 56.7. The molecule has 2 aromatic carbocycles. The Morgan fingerprint density at radius 1 is 1.00 bits per heavy atom. The predicted molar refractivity (Wildman–Crippen MR) is 152 cm³/mol. The van der Waals surface area contributed by atoms with Crippen molar-refractivity contribution in [3.05, 3.63) is 51.1 Å². The number of aliphatic hydroxyl groups excluding tert-OH is 2. The number of fused-ring (bicyclic) bond motifs is 8. The molecule has 13 heteroatoms. The number of aliphatic hydroxyl groups is 3. The van der Waals surface area contributed by atoms with Gasteiger partial charge in [-0.15, -0.1) is 0 Å². The molecular weight excluding hydrogens is 576 g/mol. The Morgan fingerprint density at radius 3 is 2.25 bits per heavy atom. The molecule has 5 N–H and O–H groups in total. The van der Waals surface area contributed by atoms with Gasteiger partial charge in [0.05, 0.1) is 35.4 Å². The molecule has 2 aromatic rings. The number of benzene rings is 2. The normalized spacial score (nSPS) is 33.7. The molecular formula is C31H36N2O11. The molecule has 1 saturated heterocycles. The standard InChI is InChI=1S/C31H36N2O11/c1-30(41)10-14(32(3)4)16-11(20(30)28(40)42-7)8-12-17(23(16)36)24(37)18-15(34)9-13-26(19(18)22(12)35)43-29-25(38)21(33(5)6)27(39)31(13,2)44-29/h8-9,14,20-21,25,27,29,34,36,38-39,41H,10H2,1-7H3/t14-,20-,21-,25-,27+,29+,30-,31+/m0/s1. The third-order valence-electron chi connectivity index (χ3n) is 9.73. The van der Waals surface area contributed by atoms with Crippen LogP contribution in [0.5, 0.6) is 17.2 Å². The van der Waals surface area contributed by atoms with Crippen molar-refractivity contribution >= 4 is 17.5 Å². The summed E-state index contributed by atoms with van der Waals surface area (Å²) in [4.78, 5) is 44.8. The minimum atomic E-state index is -1.64. The van der Waals surface area contributed by atoms with Gasteiger partial charge in [0.15, 0.2) is 5.78 Å². The Morgan fingerprint density at radius 2 is 1.66 bits per heavy atom. The van der Waals surface area contributed by atoms with Crippen molar-refractivity contribution < 1.29 is 54.1 Å². The maximum atomic E-state index is 14.4. The van der Waals surface area contributed by atoms with Crippen LogP contribution in [0.3, 0.4) is 0 Å². The minimum absolute atomic E-state index is 0.00298. The van der Waals surface area contributed by atoms with Gasteiger partial charge in [-0.2, -0.15) is 0 Å². The van der Waals surface area contributed by atoms with E-state index < -0.39 is 82.3 Å². The fraction of sp³-hybridized carbons (Fsp3) is 0.516. The molecule has 0 saturated carbocycles. The number of phenols is 2. The minimum Gasteiger partial charge on any atom is -0.507 e. The Balaban J connectivity index is 1.61. The van der Waals surface area contributed by atoms with Gasteiger partial charge in [-0.3, -0.25) is 14.4 Å². The summed E-state index contributed by atoms with van der Waals surface area (Å²) in [6.45, 7) is 3.00. The van der Waals surface area contributed by atoms with Gasteiger partial charge in [0.1, 0.15) is 41.0 Å². The van der Waals surface area contributed by atoms with Crippen LogP contribution in [-0.4, -0.2) is 118 Å². The third kappa shape index (κ3) is 3.83. The molecule has 13 nitrogen and oxygen atoms in total. The lowest BCUT2D eigenvalue weighted by Crippen LogP contribution is -2.68. The van der Waals surface area contributed by atoms with E-state index in [0.717, 1.165) is 7.11 Å². The summed E-state index contributed by atoms with van der Waals surface area (Å²) in [6, 6.07) is 1.01. The first-order valence-corrected chi connectivity index (χ1v) is 14.2. The first kappa shape index (κ1) is 30.4. The van der Waals surface area contributed by atoms with Gasteiger partial charge in [0, 0.05) is 22.7 Å². The number of esters is 1. The zero-order valence-corrected chi connectivity index (χ0v) is 25.4. The molecule has 236 valence electrons. The van der Waals surface area contributed by atoms with Crippen LogP contribution in [0.15, 0.2) is 12.1 Å². The highest BCUT2D eigenvalue weighted by atomic mass is 16.7. The molecule has 0 unspecified atom stereocenters. The van der Waals surface area contributed by atoms with Crippen LogP contribution in [0.1, 0.15) is 80.8 Å². The van der Waals surface area contributed by atoms with E-state index in [1.54, 1.807) is 38.0 Å². The number of likely N-dealkylation sites (N-methyl/N-ethyl adjacent to an activating group) is 1. The lowest BCUT2D eigenvalue weighted by molar-refractivity contribution is -0.311. The van der Waals surface area contributed by atoms with E-state index in [-0.39, 0.29) is 45.6 Å². The average molecular weight is 613 g/mol. The Hall–Kier alpha value is -3.59. The van der Waals surface area contributed by atoms with E-state index in [9.17, 15) is 39.9 Å². The molecule has 0 spiro atoms. The van der Waals surface area contributed by atoms with Crippen LogP contribution in [-0.2, 0) is 19.9 Å². The maximum Gasteiger partial charge on any atom is 0.316 e. The second kappa shape index (κ2) is 9.70. The molecule has 1 fully saturated rings. The Labute approximate surface area is 253 Å². The maximum absolute atomic E-state index is 14.4. The number of nitrogens with zero attached hydrogens (tertiary/aromatic N) is 2. The van der Waals surface area contributed by atoms with Crippen LogP contribution in [0.25, 0.3) is 0 Å². The number of aromatic hydroxyl groups is 2. The van der Waals surface area contributed by atoms with E-state index >= 15 is 0 Å². The van der Waals surface area contributed by atoms with Crippen LogP contribution in [0.2, 0.25) is 0 Å². The monoisotopic (exact) mass is 612 g/mol. The lowest BCUT2D eigenvalue weighted by Gasteiger charge is -2.53. The van der Waals surface area contributed by atoms with Crippen LogP contribution >= 0.6 is 0 Å². The van der Waals surface area contributed by atoms with Crippen LogP contribution in [0.4, 0.5) is 0 Å². The number of hydrogen-bond acceptors (Lipinski definition) is 13. The summed E-state index contributed by atoms with van der Waals surface area (Å²) in [6.07, 6.45) is -4.02. The summed E-state index contributed by atoms with van der Waals surface area (Å²) in [7, 11) is 7.91. The topological polar surface area (TPSA) is 187 Å². The number of methoxy groups -OCH3 is 1. The number of phenolic OH excluding ortho intramolecular Hbond substituents is 2. The van der Waals surface area contributed by atoms with Crippen molar-refractivity contribution in [3.63, 3.8) is 0 Å². The smallest absolute Gasteiger partial charge is 0.316 e. The number of hydrogen-bond donors (Lipinski definition) is 5. The summed E-state index contributed by atoms with van der Waals surface area (Å²) < 4.78 is 17.0. The Bertz CT molecular complexity index is 1630. The lowest BCUT2D eigenvalue weighted by atomic mass is 9.67. The van der Waals surface area contributed by atoms with E-state index in [1.165, 1.54) is 26.0 Å². The highest BCUT2D eigenvalue weighted by Gasteiger charge is 2.59. The second-order valence-electron chi connectivity index (χ2n) is 12.9. The summed E-state index contributed by atoms with van der Waals surface area (Å²) >= 11 is 0. The van der Waals surface area contributed by atoms with Gasteiger partial charge in [-0.1, -0.05) is 0 Å². The van der Waals surface area contributed by atoms with E-state index in [1.807, 2.05) is 0 Å². The summed E-state index contributed by atoms with van der Waals surface area (Å²) in [5.41, 5.74) is -4.19. The van der Waals surface area contributed by atoms with Gasteiger partial charge in [0.25, 0.3) is 0 Å². The molecule has 2 aliphatic carbocycles. The fourth-order valence-corrected chi connectivity index (χ4v) is 7.51. The highest BCUT2D eigenvalue weighted by Crippen LogP contribution is 2.56. The van der Waals surface area contributed by atoms with Crippen LogP contribution in [0, 0.1) is 0 Å². The molecule has 0 amide bonds. The van der Waals surface area contributed by atoms with Crippen molar-refractivity contribution in [2.24, 2.45) is 0 Å². The molecule has 2 bridgehead atoms. The highest BCUT2D eigenvalue weighted by molar-refractivity contribution is 6.31. The zero-order valence-electron chi connectivity index (χ0n) is 25.4. The second-order valence-corrected chi connectivity index (χ2v) is 12.9. The van der Waals surface area contributed by atoms with Gasteiger partial charge < -0.3 is 49.5 Å². The molecule has 8 atom stereocenters. The quantitative estimate of drug-likeness (QED) is 0.258. The average Bonchev–Trinajstić information content (AvgIpc) is 2.93. The van der Waals surface area contributed by atoms with E-state index in [4.69, 9.17) is 14.2 Å². The van der Waals surface area contributed by atoms with Crippen molar-refractivity contribution in [3.8, 4) is 17.2 Å². The number of carbonyl (C=O) groups excluding carboxylic acids is 3. The van der Waals surface area contributed by atoms with Crippen LogP contribution < -0.4 is 4.74 Å². The number of ether oxygens (including phenoxy) is 3. The fourth-order valence-electron chi connectivity index (χ4n) is 7.51. The predicted octanol–water partition coefficient (Wildman–Crippen LogP) is 0.503. The number of ketones is 2.